The van der Waals surface area contributed by atoms with E-state index in [0.29, 0.717) is 11.5 Å². The highest BCUT2D eigenvalue weighted by molar-refractivity contribution is 6.28. The minimum atomic E-state index is -0.576. The number of ether oxygens (including phenoxy) is 1. The Morgan fingerprint density at radius 1 is 1.33 bits per heavy atom. The van der Waals surface area contributed by atoms with E-state index in [0.717, 1.165) is 5.56 Å². The number of rotatable bonds is 4. The molecule has 0 aliphatic rings. The first kappa shape index (κ1) is 15.1. The lowest BCUT2D eigenvalue weighted by atomic mass is 10.2. The lowest BCUT2D eigenvalue weighted by molar-refractivity contribution is 0.155. The smallest absolute Gasteiger partial charge is 0.412 e. The van der Waals surface area contributed by atoms with Gasteiger partial charge in [0.25, 0.3) is 0 Å². The van der Waals surface area contributed by atoms with Gasteiger partial charge in [-0.15, -0.1) is 0 Å². The maximum Gasteiger partial charge on any atom is 0.412 e. The van der Waals surface area contributed by atoms with Gasteiger partial charge in [0.05, 0.1) is 6.20 Å². The van der Waals surface area contributed by atoms with Gasteiger partial charge >= 0.3 is 6.09 Å². The zero-order valence-corrected chi connectivity index (χ0v) is 12.5. The summed E-state index contributed by atoms with van der Waals surface area (Å²) in [5, 5.41) is 2.72. The Kier molecular flexibility index (Phi) is 4.94. The SMILES string of the molecule is CN(C)c1nc(Cl)ncc1NC(=O)OCc1ccccc1. The highest BCUT2D eigenvalue weighted by Gasteiger charge is 2.12. The molecule has 1 N–H and O–H groups in total. The van der Waals surface area contributed by atoms with Gasteiger partial charge in [0.15, 0.2) is 5.82 Å². The quantitative estimate of drug-likeness (QED) is 0.880. The molecular weight excluding hydrogens is 292 g/mol. The third-order valence-corrected chi connectivity index (χ3v) is 2.79. The minimum Gasteiger partial charge on any atom is -0.444 e. The third-order valence-electron chi connectivity index (χ3n) is 2.61. The molecule has 0 fully saturated rings. The zero-order chi connectivity index (χ0) is 15.2. The van der Waals surface area contributed by atoms with Gasteiger partial charge in [-0.25, -0.2) is 9.78 Å². The highest BCUT2D eigenvalue weighted by atomic mass is 35.5. The lowest BCUT2D eigenvalue weighted by Gasteiger charge is -2.16. The van der Waals surface area contributed by atoms with Crippen LogP contribution in [0.4, 0.5) is 16.3 Å². The Morgan fingerprint density at radius 2 is 2.05 bits per heavy atom. The summed E-state index contributed by atoms with van der Waals surface area (Å²) in [5.74, 6) is 0.506. The molecule has 1 aromatic heterocycles. The molecule has 1 aromatic carbocycles. The molecule has 21 heavy (non-hydrogen) atoms. The number of carbonyl (C=O) groups is 1. The van der Waals surface area contributed by atoms with Crippen molar-refractivity contribution in [1.29, 1.82) is 0 Å². The largest absolute Gasteiger partial charge is 0.444 e. The Hall–Kier alpha value is -2.34. The fraction of sp³-hybridized carbons (Fsp3) is 0.214. The van der Waals surface area contributed by atoms with E-state index in [1.54, 1.807) is 19.0 Å². The van der Waals surface area contributed by atoms with Crippen molar-refractivity contribution < 1.29 is 9.53 Å². The van der Waals surface area contributed by atoms with E-state index in [9.17, 15) is 4.79 Å². The molecule has 0 saturated carbocycles. The molecule has 0 radical (unpaired) electrons. The van der Waals surface area contributed by atoms with E-state index >= 15 is 0 Å². The molecule has 0 saturated heterocycles. The van der Waals surface area contributed by atoms with Gasteiger partial charge in [0, 0.05) is 14.1 Å². The van der Waals surface area contributed by atoms with Crippen molar-refractivity contribution in [2.24, 2.45) is 0 Å². The van der Waals surface area contributed by atoms with Crippen LogP contribution in [0.5, 0.6) is 0 Å². The van der Waals surface area contributed by atoms with E-state index in [-0.39, 0.29) is 11.9 Å². The molecule has 0 aliphatic carbocycles. The summed E-state index contributed by atoms with van der Waals surface area (Å²) in [6.45, 7) is 0.193. The molecule has 2 rings (SSSR count). The molecule has 6 nitrogen and oxygen atoms in total. The summed E-state index contributed by atoms with van der Waals surface area (Å²) in [6, 6.07) is 9.42. The van der Waals surface area contributed by atoms with Crippen molar-refractivity contribution in [2.45, 2.75) is 6.61 Å². The number of aromatic nitrogens is 2. The van der Waals surface area contributed by atoms with Gasteiger partial charge in [0.2, 0.25) is 5.28 Å². The summed E-state index contributed by atoms with van der Waals surface area (Å²) in [5.41, 5.74) is 1.34. The van der Waals surface area contributed by atoms with Gasteiger partial charge in [-0.2, -0.15) is 4.98 Å². The van der Waals surface area contributed by atoms with Crippen LogP contribution in [-0.4, -0.2) is 30.2 Å². The third kappa shape index (κ3) is 4.32. The van der Waals surface area contributed by atoms with Crippen LogP contribution in [0, 0.1) is 0 Å². The van der Waals surface area contributed by atoms with Crippen LogP contribution in [0.2, 0.25) is 5.28 Å². The first-order chi connectivity index (χ1) is 10.1. The van der Waals surface area contributed by atoms with Gasteiger partial charge in [-0.1, -0.05) is 30.3 Å². The molecule has 0 aliphatic heterocycles. The maximum absolute atomic E-state index is 11.8. The van der Waals surface area contributed by atoms with E-state index in [4.69, 9.17) is 16.3 Å². The van der Waals surface area contributed by atoms with E-state index in [1.807, 2.05) is 30.3 Å². The van der Waals surface area contributed by atoms with Crippen molar-refractivity contribution in [2.75, 3.05) is 24.3 Å². The number of benzene rings is 1. The Bertz CT molecular complexity index is 620. The zero-order valence-electron chi connectivity index (χ0n) is 11.7. The van der Waals surface area contributed by atoms with Gasteiger partial charge in [-0.3, -0.25) is 5.32 Å². The van der Waals surface area contributed by atoms with Crippen molar-refractivity contribution in [3.05, 3.63) is 47.4 Å². The summed E-state index contributed by atoms with van der Waals surface area (Å²) in [7, 11) is 3.58. The normalized spacial score (nSPS) is 10.0. The van der Waals surface area contributed by atoms with E-state index in [2.05, 4.69) is 15.3 Å². The number of hydrogen-bond donors (Lipinski definition) is 1. The average Bonchev–Trinajstić information content (AvgIpc) is 2.48. The molecule has 0 bridgehead atoms. The number of nitrogens with one attached hydrogen (secondary N) is 1. The second kappa shape index (κ2) is 6.90. The summed E-state index contributed by atoms with van der Waals surface area (Å²) in [4.78, 5) is 21.4. The fourth-order valence-corrected chi connectivity index (χ4v) is 1.78. The molecule has 0 spiro atoms. The summed E-state index contributed by atoms with van der Waals surface area (Å²) < 4.78 is 5.14. The van der Waals surface area contributed by atoms with Crippen molar-refractivity contribution in [1.82, 2.24) is 9.97 Å². The molecule has 1 amide bonds. The second-order valence-electron chi connectivity index (χ2n) is 4.46. The molecular formula is C14H15ClN4O2. The number of anilines is 2. The number of nitrogens with zero attached hydrogens (tertiary/aromatic N) is 3. The first-order valence-electron chi connectivity index (χ1n) is 6.24. The van der Waals surface area contributed by atoms with Crippen LogP contribution in [0.1, 0.15) is 5.56 Å². The van der Waals surface area contributed by atoms with Crippen molar-refractivity contribution in [3.8, 4) is 0 Å². The van der Waals surface area contributed by atoms with Crippen molar-refractivity contribution in [3.63, 3.8) is 0 Å². The maximum atomic E-state index is 11.8. The van der Waals surface area contributed by atoms with Crippen LogP contribution in [0.25, 0.3) is 0 Å². The van der Waals surface area contributed by atoms with E-state index < -0.39 is 6.09 Å². The van der Waals surface area contributed by atoms with Gasteiger partial charge < -0.3 is 9.64 Å². The first-order valence-corrected chi connectivity index (χ1v) is 6.61. The Labute approximate surface area is 127 Å². The molecule has 110 valence electrons. The predicted molar refractivity (Wildman–Crippen MR) is 81.6 cm³/mol. The van der Waals surface area contributed by atoms with Gasteiger partial charge in [0.1, 0.15) is 12.3 Å². The molecule has 2 aromatic rings. The molecule has 0 atom stereocenters. The van der Waals surface area contributed by atoms with Crippen LogP contribution in [0.15, 0.2) is 36.5 Å². The topological polar surface area (TPSA) is 67.4 Å². The average molecular weight is 307 g/mol. The highest BCUT2D eigenvalue weighted by Crippen LogP contribution is 2.22. The minimum absolute atomic E-state index is 0.113. The standard InChI is InChI=1S/C14H15ClN4O2/c1-19(2)12-11(8-16-13(15)18-12)17-14(20)21-9-10-6-4-3-5-7-10/h3-8H,9H2,1-2H3,(H,17,20). The van der Waals surface area contributed by atoms with Crippen molar-refractivity contribution >= 4 is 29.2 Å². The number of amides is 1. The predicted octanol–water partition coefficient (Wildman–Crippen LogP) is 2.94. The molecule has 7 heteroatoms. The summed E-state index contributed by atoms with van der Waals surface area (Å²) in [6.07, 6.45) is 0.863. The second-order valence-corrected chi connectivity index (χ2v) is 4.80. The monoisotopic (exact) mass is 306 g/mol. The van der Waals surface area contributed by atoms with Gasteiger partial charge in [-0.05, 0) is 17.2 Å². The lowest BCUT2D eigenvalue weighted by Crippen LogP contribution is -2.19. The number of hydrogen-bond acceptors (Lipinski definition) is 5. The van der Waals surface area contributed by atoms with Crippen LogP contribution < -0.4 is 10.2 Å². The molecule has 0 unspecified atom stereocenters. The fourth-order valence-electron chi connectivity index (χ4n) is 1.65. The number of carbonyl (C=O) groups excluding carboxylic acids is 1. The Balaban J connectivity index is 2.00. The van der Waals surface area contributed by atoms with Crippen LogP contribution in [0.3, 0.4) is 0 Å². The summed E-state index contributed by atoms with van der Waals surface area (Å²) >= 11 is 5.75. The van der Waals surface area contributed by atoms with Crippen LogP contribution >= 0.6 is 11.6 Å². The van der Waals surface area contributed by atoms with E-state index in [1.165, 1.54) is 6.20 Å². The Morgan fingerprint density at radius 3 is 2.71 bits per heavy atom. The molecule has 1 heterocycles. The van der Waals surface area contributed by atoms with Crippen LogP contribution in [-0.2, 0) is 11.3 Å². The number of halogens is 1.